The minimum absolute atomic E-state index is 0.170. The zero-order valence-electron chi connectivity index (χ0n) is 15.6. The van der Waals surface area contributed by atoms with Gasteiger partial charge < -0.3 is 19.3 Å². The molecular weight excluding hydrogens is 320 g/mol. The van der Waals surface area contributed by atoms with Gasteiger partial charge in [-0.15, -0.1) is 0 Å². The Morgan fingerprint density at radius 1 is 1.32 bits per heavy atom. The van der Waals surface area contributed by atoms with Crippen molar-refractivity contribution in [3.8, 4) is 0 Å². The molecular formula is C18H28N4O3. The van der Waals surface area contributed by atoms with Gasteiger partial charge in [-0.2, -0.15) is 0 Å². The lowest BCUT2D eigenvalue weighted by Crippen LogP contribution is -2.54. The maximum Gasteiger partial charge on any atom is 0.410 e. The zero-order chi connectivity index (χ0) is 18.0. The summed E-state index contributed by atoms with van der Waals surface area (Å²) in [7, 11) is 0. The van der Waals surface area contributed by atoms with Gasteiger partial charge in [0.05, 0.1) is 12.3 Å². The number of carbonyl (C=O) groups excluding carboxylic acids is 1. The lowest BCUT2D eigenvalue weighted by atomic mass is 10.0. The summed E-state index contributed by atoms with van der Waals surface area (Å²) in [5.41, 5.74) is 0.576. The lowest BCUT2D eigenvalue weighted by molar-refractivity contribution is 0.0218. The molecule has 0 radical (unpaired) electrons. The SMILES string of the molecule is C[C@@H]1CN(C(=O)OC(C)(C)C)CCN1c1cc(C2CCOC2)ncn1. The van der Waals surface area contributed by atoms with E-state index in [1.54, 1.807) is 11.2 Å². The molecule has 3 heterocycles. The van der Waals surface area contributed by atoms with Crippen LogP contribution in [0, 0.1) is 0 Å². The molecule has 0 spiro atoms. The quantitative estimate of drug-likeness (QED) is 0.818. The first-order valence-electron chi connectivity index (χ1n) is 8.98. The van der Waals surface area contributed by atoms with E-state index in [0.717, 1.165) is 37.7 Å². The van der Waals surface area contributed by atoms with Crippen molar-refractivity contribution in [3.63, 3.8) is 0 Å². The number of rotatable bonds is 2. The van der Waals surface area contributed by atoms with Gasteiger partial charge in [0.2, 0.25) is 0 Å². The molecule has 2 saturated heterocycles. The number of ether oxygens (including phenoxy) is 2. The third kappa shape index (κ3) is 4.39. The molecule has 1 aromatic heterocycles. The van der Waals surface area contributed by atoms with Crippen molar-refractivity contribution < 1.29 is 14.3 Å². The summed E-state index contributed by atoms with van der Waals surface area (Å²) < 4.78 is 10.9. The van der Waals surface area contributed by atoms with Gasteiger partial charge >= 0.3 is 6.09 Å². The molecule has 1 aromatic rings. The first kappa shape index (κ1) is 17.9. The number of amides is 1. The molecule has 2 aliphatic rings. The summed E-state index contributed by atoms with van der Waals surface area (Å²) in [5.74, 6) is 1.29. The summed E-state index contributed by atoms with van der Waals surface area (Å²) in [4.78, 5) is 25.2. The van der Waals surface area contributed by atoms with Crippen LogP contribution >= 0.6 is 0 Å². The topological polar surface area (TPSA) is 67.8 Å². The predicted octanol–water partition coefficient (Wildman–Crippen LogP) is 2.43. The Hall–Kier alpha value is -1.89. The molecule has 2 fully saturated rings. The third-order valence-corrected chi connectivity index (χ3v) is 4.60. The van der Waals surface area contributed by atoms with Crippen molar-refractivity contribution in [3.05, 3.63) is 18.1 Å². The fourth-order valence-corrected chi connectivity index (χ4v) is 3.30. The fraction of sp³-hybridized carbons (Fsp3) is 0.722. The van der Waals surface area contributed by atoms with Gasteiger partial charge in [0, 0.05) is 44.3 Å². The highest BCUT2D eigenvalue weighted by Crippen LogP contribution is 2.27. The Morgan fingerprint density at radius 3 is 2.76 bits per heavy atom. The molecule has 7 heteroatoms. The molecule has 2 aliphatic heterocycles. The van der Waals surface area contributed by atoms with Crippen molar-refractivity contribution >= 4 is 11.9 Å². The maximum absolute atomic E-state index is 12.3. The molecule has 2 atom stereocenters. The highest BCUT2D eigenvalue weighted by Gasteiger charge is 2.31. The second-order valence-electron chi connectivity index (χ2n) is 7.83. The van der Waals surface area contributed by atoms with Crippen LogP contribution in [0.5, 0.6) is 0 Å². The molecule has 138 valence electrons. The Labute approximate surface area is 149 Å². The van der Waals surface area contributed by atoms with Crippen molar-refractivity contribution in [2.45, 2.75) is 51.7 Å². The number of nitrogens with zero attached hydrogens (tertiary/aromatic N) is 4. The third-order valence-electron chi connectivity index (χ3n) is 4.60. The molecule has 0 aromatic carbocycles. The Bertz CT molecular complexity index is 611. The monoisotopic (exact) mass is 348 g/mol. The molecule has 3 rings (SSSR count). The lowest BCUT2D eigenvalue weighted by Gasteiger charge is -2.40. The van der Waals surface area contributed by atoms with Gasteiger partial charge in [-0.25, -0.2) is 14.8 Å². The summed E-state index contributed by atoms with van der Waals surface area (Å²) in [6.45, 7) is 11.3. The van der Waals surface area contributed by atoms with Gasteiger partial charge in [-0.1, -0.05) is 0 Å². The van der Waals surface area contributed by atoms with Crippen molar-refractivity contribution in [2.24, 2.45) is 0 Å². The van der Waals surface area contributed by atoms with Crippen LogP contribution in [0.1, 0.15) is 45.7 Å². The van der Waals surface area contributed by atoms with E-state index in [2.05, 4.69) is 27.9 Å². The molecule has 0 saturated carbocycles. The fourth-order valence-electron chi connectivity index (χ4n) is 3.30. The first-order valence-corrected chi connectivity index (χ1v) is 8.98. The largest absolute Gasteiger partial charge is 0.444 e. The van der Waals surface area contributed by atoms with E-state index in [1.165, 1.54) is 0 Å². The van der Waals surface area contributed by atoms with Gasteiger partial charge in [-0.05, 0) is 34.1 Å². The van der Waals surface area contributed by atoms with E-state index in [-0.39, 0.29) is 12.1 Å². The molecule has 0 bridgehead atoms. The predicted molar refractivity (Wildman–Crippen MR) is 94.8 cm³/mol. The van der Waals surface area contributed by atoms with Crippen molar-refractivity contribution in [1.82, 2.24) is 14.9 Å². The Morgan fingerprint density at radius 2 is 2.12 bits per heavy atom. The zero-order valence-corrected chi connectivity index (χ0v) is 15.6. The first-order chi connectivity index (χ1) is 11.8. The normalized spacial score (nSPS) is 24.5. The molecule has 1 amide bonds. The average Bonchev–Trinajstić information content (AvgIpc) is 3.08. The van der Waals surface area contributed by atoms with Crippen LogP contribution in [0.15, 0.2) is 12.4 Å². The Kier molecular flexibility index (Phi) is 5.13. The van der Waals surface area contributed by atoms with E-state index in [9.17, 15) is 4.79 Å². The molecule has 7 nitrogen and oxygen atoms in total. The molecule has 1 unspecified atom stereocenters. The van der Waals surface area contributed by atoms with Crippen LogP contribution in [0.3, 0.4) is 0 Å². The van der Waals surface area contributed by atoms with Crippen LogP contribution in [-0.2, 0) is 9.47 Å². The van der Waals surface area contributed by atoms with E-state index >= 15 is 0 Å². The van der Waals surface area contributed by atoms with Crippen LogP contribution in [0.2, 0.25) is 0 Å². The van der Waals surface area contributed by atoms with Crippen molar-refractivity contribution in [1.29, 1.82) is 0 Å². The van der Waals surface area contributed by atoms with Gasteiger partial charge in [0.25, 0.3) is 0 Å². The summed E-state index contributed by atoms with van der Waals surface area (Å²) in [6.07, 6.45) is 2.40. The molecule has 0 N–H and O–H groups in total. The summed E-state index contributed by atoms with van der Waals surface area (Å²) in [5, 5.41) is 0. The number of aromatic nitrogens is 2. The minimum atomic E-state index is -0.470. The molecule has 25 heavy (non-hydrogen) atoms. The van der Waals surface area contributed by atoms with Crippen molar-refractivity contribution in [2.75, 3.05) is 37.7 Å². The highest BCUT2D eigenvalue weighted by atomic mass is 16.6. The number of piperazine rings is 1. The minimum Gasteiger partial charge on any atom is -0.444 e. The molecule has 0 aliphatic carbocycles. The van der Waals surface area contributed by atoms with Crippen LogP contribution < -0.4 is 4.90 Å². The smallest absolute Gasteiger partial charge is 0.410 e. The van der Waals surface area contributed by atoms with Gasteiger partial charge in [-0.3, -0.25) is 0 Å². The standard InChI is InChI=1S/C18H28N4O3/c1-13-10-21(17(23)25-18(2,3)4)6-7-22(13)16-9-15(19-12-20-16)14-5-8-24-11-14/h9,12-14H,5-8,10-11H2,1-4H3/t13-,14?/m1/s1. The summed E-state index contributed by atoms with van der Waals surface area (Å²) >= 11 is 0. The number of carbonyl (C=O) groups is 1. The van der Waals surface area contributed by atoms with E-state index in [4.69, 9.17) is 9.47 Å². The Balaban J connectivity index is 1.65. The second-order valence-corrected chi connectivity index (χ2v) is 7.83. The van der Waals surface area contributed by atoms with Crippen LogP contribution in [0.25, 0.3) is 0 Å². The number of hydrogen-bond donors (Lipinski definition) is 0. The summed E-state index contributed by atoms with van der Waals surface area (Å²) in [6, 6.07) is 2.24. The highest BCUT2D eigenvalue weighted by molar-refractivity contribution is 5.68. The van der Waals surface area contributed by atoms with Gasteiger partial charge in [0.15, 0.2) is 0 Å². The number of anilines is 1. The van der Waals surface area contributed by atoms with Crippen LogP contribution in [-0.4, -0.2) is 65.5 Å². The van der Waals surface area contributed by atoms with Gasteiger partial charge in [0.1, 0.15) is 17.7 Å². The number of hydrogen-bond acceptors (Lipinski definition) is 6. The average molecular weight is 348 g/mol. The van der Waals surface area contributed by atoms with E-state index in [1.807, 2.05) is 20.8 Å². The maximum atomic E-state index is 12.3. The van der Waals surface area contributed by atoms with E-state index < -0.39 is 5.60 Å². The van der Waals surface area contributed by atoms with E-state index in [0.29, 0.717) is 19.0 Å². The second kappa shape index (κ2) is 7.15. The van der Waals surface area contributed by atoms with Crippen LogP contribution in [0.4, 0.5) is 10.6 Å².